The third-order valence-corrected chi connectivity index (χ3v) is 3.88. The summed E-state index contributed by atoms with van der Waals surface area (Å²) < 4.78 is 5.41. The first-order valence-electron chi connectivity index (χ1n) is 7.24. The fourth-order valence-electron chi connectivity index (χ4n) is 2.53. The van der Waals surface area contributed by atoms with Gasteiger partial charge < -0.3 is 9.72 Å². The Hall–Kier alpha value is -2.29. The van der Waals surface area contributed by atoms with Gasteiger partial charge >= 0.3 is 0 Å². The van der Waals surface area contributed by atoms with Crippen LogP contribution in [0.3, 0.4) is 0 Å². The topological polar surface area (TPSA) is 37.9 Å². The van der Waals surface area contributed by atoms with Gasteiger partial charge in [-0.05, 0) is 30.0 Å². The van der Waals surface area contributed by atoms with Crippen molar-refractivity contribution in [2.45, 2.75) is 26.7 Å². The van der Waals surface area contributed by atoms with E-state index in [0.717, 1.165) is 33.7 Å². The number of rotatable bonds is 3. The summed E-state index contributed by atoms with van der Waals surface area (Å²) in [6.07, 6.45) is 0. The maximum absolute atomic E-state index is 5.41. The first kappa shape index (κ1) is 13.7. The van der Waals surface area contributed by atoms with Crippen molar-refractivity contribution in [3.05, 3.63) is 47.5 Å². The molecule has 0 aliphatic heterocycles. The highest BCUT2D eigenvalue weighted by atomic mass is 16.5. The highest BCUT2D eigenvalue weighted by molar-refractivity contribution is 5.87. The molecule has 1 aromatic heterocycles. The van der Waals surface area contributed by atoms with E-state index in [4.69, 9.17) is 9.72 Å². The Balaban J connectivity index is 2.10. The number of nitrogens with zero attached hydrogens (tertiary/aromatic N) is 1. The summed E-state index contributed by atoms with van der Waals surface area (Å²) in [5.74, 6) is 2.25. The Morgan fingerprint density at radius 1 is 1.05 bits per heavy atom. The number of benzene rings is 2. The van der Waals surface area contributed by atoms with Gasteiger partial charge in [0.25, 0.3) is 0 Å². The van der Waals surface area contributed by atoms with Crippen molar-refractivity contribution in [2.75, 3.05) is 7.11 Å². The molecule has 1 heterocycles. The molecule has 0 saturated heterocycles. The Labute approximate surface area is 125 Å². The normalized spacial score (nSPS) is 11.3. The van der Waals surface area contributed by atoms with E-state index in [-0.39, 0.29) is 0 Å². The molecule has 0 unspecified atom stereocenters. The lowest BCUT2D eigenvalue weighted by Crippen LogP contribution is -1.87. The molecule has 0 radical (unpaired) electrons. The second-order valence-corrected chi connectivity index (χ2v) is 5.67. The minimum Gasteiger partial charge on any atom is -0.494 e. The number of aromatic nitrogens is 2. The van der Waals surface area contributed by atoms with Crippen molar-refractivity contribution < 1.29 is 4.74 Å². The minimum atomic E-state index is 0.539. The average Bonchev–Trinajstić information content (AvgIpc) is 2.94. The molecule has 3 heteroatoms. The molecule has 3 rings (SSSR count). The standard InChI is InChI=1S/C18H20N2O/c1-11(2)13-6-8-14(9-7-13)18-19-16-12(3)5-10-15(21-4)17(16)20-18/h5-11H,1-4H3,(H,19,20). The van der Waals surface area contributed by atoms with Crippen LogP contribution in [0.1, 0.15) is 30.9 Å². The maximum atomic E-state index is 5.41. The summed E-state index contributed by atoms with van der Waals surface area (Å²) in [5.41, 5.74) is 5.51. The number of nitrogens with one attached hydrogen (secondary N) is 1. The van der Waals surface area contributed by atoms with Crippen LogP contribution >= 0.6 is 0 Å². The SMILES string of the molecule is COc1ccc(C)c2nc(-c3ccc(C(C)C)cc3)[nH]c12. The summed E-state index contributed by atoms with van der Waals surface area (Å²) in [7, 11) is 1.68. The van der Waals surface area contributed by atoms with Gasteiger partial charge in [-0.15, -0.1) is 0 Å². The molecule has 108 valence electrons. The third-order valence-electron chi connectivity index (χ3n) is 3.88. The van der Waals surface area contributed by atoms with Gasteiger partial charge in [0.1, 0.15) is 17.1 Å². The molecule has 0 aliphatic carbocycles. The van der Waals surface area contributed by atoms with Gasteiger partial charge in [0, 0.05) is 5.56 Å². The van der Waals surface area contributed by atoms with Crippen molar-refractivity contribution in [2.24, 2.45) is 0 Å². The zero-order valence-electron chi connectivity index (χ0n) is 12.9. The van der Waals surface area contributed by atoms with Crippen molar-refractivity contribution in [3.63, 3.8) is 0 Å². The van der Waals surface area contributed by atoms with Crippen LogP contribution in [0.2, 0.25) is 0 Å². The molecular formula is C18H20N2O. The molecule has 21 heavy (non-hydrogen) atoms. The highest BCUT2D eigenvalue weighted by Gasteiger charge is 2.11. The Morgan fingerprint density at radius 2 is 1.76 bits per heavy atom. The lowest BCUT2D eigenvalue weighted by molar-refractivity contribution is 0.419. The van der Waals surface area contributed by atoms with Crippen molar-refractivity contribution in [3.8, 4) is 17.1 Å². The van der Waals surface area contributed by atoms with Crippen LogP contribution in [0.15, 0.2) is 36.4 Å². The molecule has 3 nitrogen and oxygen atoms in total. The molecule has 1 N–H and O–H groups in total. The number of aromatic amines is 1. The van der Waals surface area contributed by atoms with Crippen LogP contribution in [-0.4, -0.2) is 17.1 Å². The van der Waals surface area contributed by atoms with E-state index in [1.807, 2.05) is 12.1 Å². The molecule has 3 aromatic rings. The lowest BCUT2D eigenvalue weighted by Gasteiger charge is -2.05. The van der Waals surface area contributed by atoms with E-state index < -0.39 is 0 Å². The Bertz CT molecular complexity index is 770. The van der Waals surface area contributed by atoms with Gasteiger partial charge in [-0.2, -0.15) is 0 Å². The number of hydrogen-bond acceptors (Lipinski definition) is 2. The second-order valence-electron chi connectivity index (χ2n) is 5.67. The predicted octanol–water partition coefficient (Wildman–Crippen LogP) is 4.67. The molecular weight excluding hydrogens is 260 g/mol. The minimum absolute atomic E-state index is 0.539. The number of H-pyrrole nitrogens is 1. The van der Waals surface area contributed by atoms with Gasteiger partial charge in [0.2, 0.25) is 0 Å². The zero-order chi connectivity index (χ0) is 15.0. The molecule has 0 atom stereocenters. The van der Waals surface area contributed by atoms with Crippen molar-refractivity contribution >= 4 is 11.0 Å². The monoisotopic (exact) mass is 280 g/mol. The van der Waals surface area contributed by atoms with Gasteiger partial charge in [-0.3, -0.25) is 0 Å². The van der Waals surface area contributed by atoms with E-state index in [2.05, 4.69) is 50.0 Å². The Kier molecular flexibility index (Phi) is 3.42. The van der Waals surface area contributed by atoms with E-state index in [1.165, 1.54) is 5.56 Å². The van der Waals surface area contributed by atoms with Crippen LogP contribution in [0.25, 0.3) is 22.4 Å². The second kappa shape index (κ2) is 5.24. The van der Waals surface area contributed by atoms with E-state index in [1.54, 1.807) is 7.11 Å². The number of aryl methyl sites for hydroxylation is 1. The molecule has 0 aliphatic rings. The van der Waals surface area contributed by atoms with E-state index in [9.17, 15) is 0 Å². The van der Waals surface area contributed by atoms with Crippen LogP contribution in [0, 0.1) is 6.92 Å². The third kappa shape index (κ3) is 2.40. The van der Waals surface area contributed by atoms with Crippen LogP contribution < -0.4 is 4.74 Å². The Morgan fingerprint density at radius 3 is 2.38 bits per heavy atom. The average molecular weight is 280 g/mol. The van der Waals surface area contributed by atoms with E-state index in [0.29, 0.717) is 5.92 Å². The first-order chi connectivity index (χ1) is 10.1. The molecule has 0 saturated carbocycles. The zero-order valence-corrected chi connectivity index (χ0v) is 12.9. The summed E-state index contributed by atoms with van der Waals surface area (Å²) in [4.78, 5) is 8.11. The fraction of sp³-hybridized carbons (Fsp3) is 0.278. The van der Waals surface area contributed by atoms with Gasteiger partial charge in [-0.1, -0.05) is 44.2 Å². The van der Waals surface area contributed by atoms with Gasteiger partial charge in [-0.25, -0.2) is 4.98 Å². The number of fused-ring (bicyclic) bond motifs is 1. The molecule has 0 bridgehead atoms. The maximum Gasteiger partial charge on any atom is 0.144 e. The van der Waals surface area contributed by atoms with Crippen LogP contribution in [-0.2, 0) is 0 Å². The smallest absolute Gasteiger partial charge is 0.144 e. The largest absolute Gasteiger partial charge is 0.494 e. The number of imidazole rings is 1. The van der Waals surface area contributed by atoms with Gasteiger partial charge in [0.15, 0.2) is 0 Å². The van der Waals surface area contributed by atoms with Crippen LogP contribution in [0.5, 0.6) is 5.75 Å². The predicted molar refractivity (Wildman–Crippen MR) is 86.9 cm³/mol. The quantitative estimate of drug-likeness (QED) is 0.757. The molecule has 0 fully saturated rings. The van der Waals surface area contributed by atoms with Crippen molar-refractivity contribution in [1.29, 1.82) is 0 Å². The highest BCUT2D eigenvalue weighted by Crippen LogP contribution is 2.29. The van der Waals surface area contributed by atoms with Crippen LogP contribution in [0.4, 0.5) is 0 Å². The van der Waals surface area contributed by atoms with Crippen molar-refractivity contribution in [1.82, 2.24) is 9.97 Å². The van der Waals surface area contributed by atoms with E-state index >= 15 is 0 Å². The van der Waals surface area contributed by atoms with Gasteiger partial charge in [0.05, 0.1) is 12.6 Å². The first-order valence-corrected chi connectivity index (χ1v) is 7.24. The fourth-order valence-corrected chi connectivity index (χ4v) is 2.53. The summed E-state index contributed by atoms with van der Waals surface area (Å²) in [5, 5.41) is 0. The number of methoxy groups -OCH3 is 1. The summed E-state index contributed by atoms with van der Waals surface area (Å²) >= 11 is 0. The molecule has 2 aromatic carbocycles. The summed E-state index contributed by atoms with van der Waals surface area (Å²) in [6.45, 7) is 6.46. The molecule has 0 amide bonds. The lowest BCUT2D eigenvalue weighted by atomic mass is 10.0. The number of ether oxygens (including phenoxy) is 1. The summed E-state index contributed by atoms with van der Waals surface area (Å²) in [6, 6.07) is 12.6. The molecule has 0 spiro atoms. The number of hydrogen-bond donors (Lipinski definition) is 1.